The topological polar surface area (TPSA) is 62.3 Å². The molecule has 1 N–H and O–H groups in total. The van der Waals surface area contributed by atoms with Gasteiger partial charge in [-0.15, -0.1) is 24.5 Å². The summed E-state index contributed by atoms with van der Waals surface area (Å²) in [6.07, 6.45) is 3.14. The van der Waals surface area contributed by atoms with Crippen molar-refractivity contribution >= 4 is 39.1 Å². The molecule has 142 valence electrons. The molecule has 3 rings (SSSR count). The number of aromatic nitrogens is 1. The zero-order chi connectivity index (χ0) is 20.1. The number of nitrogens with zero attached hydrogens (tertiary/aromatic N) is 2. The lowest BCUT2D eigenvalue weighted by Gasteiger charge is -2.18. The zero-order valence-corrected chi connectivity index (χ0v) is 16.5. The molecular weight excluding hydrogens is 370 g/mol. The van der Waals surface area contributed by atoms with E-state index >= 15 is 0 Å². The Labute approximate surface area is 168 Å². The van der Waals surface area contributed by atoms with Crippen LogP contribution in [0.15, 0.2) is 67.8 Å². The molecule has 2 aromatic carbocycles. The van der Waals surface area contributed by atoms with E-state index in [1.165, 1.54) is 10.5 Å². The Kier molecular flexibility index (Phi) is 6.01. The van der Waals surface area contributed by atoms with Gasteiger partial charge in [-0.25, -0.2) is 4.98 Å². The average molecular weight is 391 g/mol. The number of rotatable bonds is 6. The van der Waals surface area contributed by atoms with Crippen molar-refractivity contribution in [3.05, 3.63) is 73.3 Å². The summed E-state index contributed by atoms with van der Waals surface area (Å²) in [5.74, 6) is -1.31. The SMILES string of the molecule is C=CCN(CC=C)C(=O)C(=O)Nc1ccc(-c2nc3ccc(C)cc3s2)cc1. The number of benzene rings is 2. The fraction of sp³-hybridized carbons (Fsp3) is 0.136. The van der Waals surface area contributed by atoms with Gasteiger partial charge in [0, 0.05) is 24.3 Å². The van der Waals surface area contributed by atoms with Crippen molar-refractivity contribution in [3.8, 4) is 10.6 Å². The van der Waals surface area contributed by atoms with Gasteiger partial charge in [0.05, 0.1) is 10.2 Å². The molecule has 0 unspecified atom stereocenters. The molecule has 0 saturated heterocycles. The third kappa shape index (κ3) is 4.35. The molecule has 2 amide bonds. The molecule has 3 aromatic rings. The third-order valence-corrected chi connectivity index (χ3v) is 5.18. The minimum absolute atomic E-state index is 0.286. The van der Waals surface area contributed by atoms with Crippen LogP contribution in [0.25, 0.3) is 20.8 Å². The number of carbonyl (C=O) groups is 2. The van der Waals surface area contributed by atoms with Gasteiger partial charge in [0.1, 0.15) is 5.01 Å². The van der Waals surface area contributed by atoms with E-state index in [1.54, 1.807) is 35.6 Å². The van der Waals surface area contributed by atoms with Crippen molar-refractivity contribution in [1.29, 1.82) is 0 Å². The first-order chi connectivity index (χ1) is 13.5. The Morgan fingerprint density at radius 2 is 1.79 bits per heavy atom. The van der Waals surface area contributed by atoms with Crippen LogP contribution in [0.1, 0.15) is 5.56 Å². The van der Waals surface area contributed by atoms with Crippen LogP contribution in [0.5, 0.6) is 0 Å². The predicted molar refractivity (Wildman–Crippen MR) is 115 cm³/mol. The highest BCUT2D eigenvalue weighted by atomic mass is 32.1. The smallest absolute Gasteiger partial charge is 0.313 e. The minimum Gasteiger partial charge on any atom is -0.327 e. The molecule has 28 heavy (non-hydrogen) atoms. The summed E-state index contributed by atoms with van der Waals surface area (Å²) in [7, 11) is 0. The van der Waals surface area contributed by atoms with Gasteiger partial charge in [-0.1, -0.05) is 18.2 Å². The molecule has 0 atom stereocenters. The molecular formula is C22H21N3O2S. The highest BCUT2D eigenvalue weighted by Crippen LogP contribution is 2.31. The van der Waals surface area contributed by atoms with Gasteiger partial charge < -0.3 is 10.2 Å². The number of anilines is 1. The lowest BCUT2D eigenvalue weighted by atomic mass is 10.2. The van der Waals surface area contributed by atoms with Crippen molar-refractivity contribution in [2.24, 2.45) is 0 Å². The molecule has 5 nitrogen and oxygen atoms in total. The molecule has 0 aliphatic heterocycles. The maximum Gasteiger partial charge on any atom is 0.313 e. The summed E-state index contributed by atoms with van der Waals surface area (Å²) in [6, 6.07) is 13.5. The Balaban J connectivity index is 1.72. The second-order valence-corrected chi connectivity index (χ2v) is 7.34. The molecule has 0 saturated carbocycles. The molecule has 0 radical (unpaired) electrons. The third-order valence-electron chi connectivity index (χ3n) is 4.11. The maximum atomic E-state index is 12.3. The molecule has 0 bridgehead atoms. The van der Waals surface area contributed by atoms with Crippen molar-refractivity contribution in [2.45, 2.75) is 6.92 Å². The van der Waals surface area contributed by atoms with Crippen molar-refractivity contribution in [2.75, 3.05) is 18.4 Å². The summed E-state index contributed by atoms with van der Waals surface area (Å²) < 4.78 is 1.14. The number of aryl methyl sites for hydroxylation is 1. The van der Waals surface area contributed by atoms with Crippen LogP contribution in [-0.2, 0) is 9.59 Å². The second-order valence-electron chi connectivity index (χ2n) is 6.31. The van der Waals surface area contributed by atoms with Gasteiger partial charge >= 0.3 is 11.8 Å². The zero-order valence-electron chi connectivity index (χ0n) is 15.6. The van der Waals surface area contributed by atoms with Gasteiger partial charge in [0.2, 0.25) is 0 Å². The van der Waals surface area contributed by atoms with Gasteiger partial charge in [-0.3, -0.25) is 9.59 Å². The quantitative estimate of drug-likeness (QED) is 0.500. The van der Waals surface area contributed by atoms with Gasteiger partial charge in [-0.2, -0.15) is 0 Å². The Morgan fingerprint density at radius 3 is 2.43 bits per heavy atom. The van der Waals surface area contributed by atoms with E-state index < -0.39 is 11.8 Å². The monoisotopic (exact) mass is 391 g/mol. The normalized spacial score (nSPS) is 10.5. The van der Waals surface area contributed by atoms with E-state index in [4.69, 9.17) is 0 Å². The fourth-order valence-electron chi connectivity index (χ4n) is 2.73. The Morgan fingerprint density at radius 1 is 1.11 bits per heavy atom. The van der Waals surface area contributed by atoms with E-state index in [0.29, 0.717) is 5.69 Å². The summed E-state index contributed by atoms with van der Waals surface area (Å²) in [5, 5.41) is 3.55. The van der Waals surface area contributed by atoms with Crippen LogP contribution in [0, 0.1) is 6.92 Å². The number of carbonyl (C=O) groups excluding carboxylic acids is 2. The van der Waals surface area contributed by atoms with E-state index in [9.17, 15) is 9.59 Å². The van der Waals surface area contributed by atoms with Gasteiger partial charge in [-0.05, 0) is 48.9 Å². The number of hydrogen-bond acceptors (Lipinski definition) is 4. The van der Waals surface area contributed by atoms with E-state index in [2.05, 4.69) is 36.4 Å². The lowest BCUT2D eigenvalue weighted by Crippen LogP contribution is -2.39. The summed E-state index contributed by atoms with van der Waals surface area (Å²) in [4.78, 5) is 30.5. The van der Waals surface area contributed by atoms with Gasteiger partial charge in [0.15, 0.2) is 0 Å². The standard InChI is InChI=1S/C22H21N3O2S/c1-4-12-25(13-5-2)22(27)20(26)23-17-9-7-16(8-10-17)21-24-18-11-6-15(3)14-19(18)28-21/h4-11,14H,1-2,12-13H2,3H3,(H,23,26). The first kappa shape index (κ1) is 19.5. The van der Waals surface area contributed by atoms with Crippen LogP contribution in [0.2, 0.25) is 0 Å². The molecule has 6 heteroatoms. The fourth-order valence-corrected chi connectivity index (χ4v) is 3.80. The first-order valence-corrected chi connectivity index (χ1v) is 9.63. The average Bonchev–Trinajstić information content (AvgIpc) is 3.11. The summed E-state index contributed by atoms with van der Waals surface area (Å²) >= 11 is 1.63. The van der Waals surface area contributed by atoms with E-state index in [-0.39, 0.29) is 13.1 Å². The number of amides is 2. The van der Waals surface area contributed by atoms with Crippen LogP contribution >= 0.6 is 11.3 Å². The lowest BCUT2D eigenvalue weighted by molar-refractivity contribution is -0.142. The minimum atomic E-state index is -0.688. The molecule has 1 aromatic heterocycles. The van der Waals surface area contributed by atoms with Gasteiger partial charge in [0.25, 0.3) is 0 Å². The first-order valence-electron chi connectivity index (χ1n) is 8.81. The second kappa shape index (κ2) is 8.63. The number of nitrogens with one attached hydrogen (secondary N) is 1. The van der Waals surface area contributed by atoms with Crippen LogP contribution in [0.3, 0.4) is 0 Å². The summed E-state index contributed by atoms with van der Waals surface area (Å²) in [6.45, 7) is 9.84. The van der Waals surface area contributed by atoms with Crippen molar-refractivity contribution in [3.63, 3.8) is 0 Å². The van der Waals surface area contributed by atoms with Crippen LogP contribution in [0.4, 0.5) is 5.69 Å². The Bertz CT molecular complexity index is 1030. The highest BCUT2D eigenvalue weighted by Gasteiger charge is 2.20. The molecule has 0 spiro atoms. The molecule has 0 aliphatic rings. The number of thiazole rings is 1. The number of fused-ring (bicyclic) bond motifs is 1. The molecule has 0 fully saturated rings. The van der Waals surface area contributed by atoms with E-state index in [1.807, 2.05) is 24.3 Å². The van der Waals surface area contributed by atoms with Crippen LogP contribution in [-0.4, -0.2) is 34.8 Å². The molecule has 1 heterocycles. The number of hydrogen-bond donors (Lipinski definition) is 1. The van der Waals surface area contributed by atoms with Crippen LogP contribution < -0.4 is 5.32 Å². The maximum absolute atomic E-state index is 12.3. The van der Waals surface area contributed by atoms with E-state index in [0.717, 1.165) is 20.8 Å². The Hall–Kier alpha value is -3.25. The largest absolute Gasteiger partial charge is 0.327 e. The van der Waals surface area contributed by atoms with Crippen molar-refractivity contribution < 1.29 is 9.59 Å². The molecule has 0 aliphatic carbocycles. The predicted octanol–water partition coefficient (Wildman–Crippen LogP) is 4.41. The summed E-state index contributed by atoms with van der Waals surface area (Å²) in [5.41, 5.74) is 3.69. The highest BCUT2D eigenvalue weighted by molar-refractivity contribution is 7.21. The van der Waals surface area contributed by atoms with Crippen molar-refractivity contribution in [1.82, 2.24) is 9.88 Å².